The molecule has 0 aromatic heterocycles. The fourth-order valence-electron chi connectivity index (χ4n) is 3.40. The predicted octanol–water partition coefficient (Wildman–Crippen LogP) is 1.94. The zero-order valence-corrected chi connectivity index (χ0v) is 17.2. The van der Waals surface area contributed by atoms with Crippen LogP contribution in [0.15, 0.2) is 29.2 Å². The molecular formula is C17H25Cl2N3O3S. The summed E-state index contributed by atoms with van der Waals surface area (Å²) in [5.74, 6) is -0.164. The van der Waals surface area contributed by atoms with Crippen molar-refractivity contribution in [1.29, 1.82) is 0 Å². The molecule has 1 atom stereocenters. The van der Waals surface area contributed by atoms with Gasteiger partial charge in [0, 0.05) is 44.3 Å². The number of benzene rings is 1. The van der Waals surface area contributed by atoms with E-state index in [1.165, 1.54) is 16.4 Å². The van der Waals surface area contributed by atoms with Crippen LogP contribution in [0.2, 0.25) is 5.02 Å². The van der Waals surface area contributed by atoms with Crippen LogP contribution >= 0.6 is 24.0 Å². The Balaban J connectivity index is 0.00000243. The minimum Gasteiger partial charge on any atom is -0.340 e. The van der Waals surface area contributed by atoms with Crippen LogP contribution in [0.5, 0.6) is 0 Å². The largest absolute Gasteiger partial charge is 0.340 e. The summed E-state index contributed by atoms with van der Waals surface area (Å²) in [5, 5.41) is 0.501. The minimum atomic E-state index is -3.59. The maximum Gasteiger partial charge on any atom is 0.243 e. The third-order valence-corrected chi connectivity index (χ3v) is 7.13. The number of carbonyl (C=O) groups is 1. The van der Waals surface area contributed by atoms with E-state index < -0.39 is 10.0 Å². The average molecular weight is 422 g/mol. The highest BCUT2D eigenvalue weighted by atomic mass is 35.5. The van der Waals surface area contributed by atoms with E-state index in [2.05, 4.69) is 4.90 Å². The van der Waals surface area contributed by atoms with Crippen LogP contribution in [0.3, 0.4) is 0 Å². The fourth-order valence-corrected chi connectivity index (χ4v) is 5.05. The molecule has 1 aromatic carbocycles. The second-order valence-corrected chi connectivity index (χ2v) is 9.16. The average Bonchev–Trinajstić information content (AvgIpc) is 2.62. The molecule has 1 aromatic rings. The number of rotatable bonds is 3. The van der Waals surface area contributed by atoms with Crippen molar-refractivity contribution < 1.29 is 13.2 Å². The van der Waals surface area contributed by atoms with Gasteiger partial charge < -0.3 is 9.80 Å². The summed E-state index contributed by atoms with van der Waals surface area (Å²) in [6.07, 6.45) is 1.45. The lowest BCUT2D eigenvalue weighted by Gasteiger charge is -2.37. The molecule has 2 fully saturated rings. The first-order chi connectivity index (χ1) is 11.9. The van der Waals surface area contributed by atoms with E-state index in [0.29, 0.717) is 18.0 Å². The zero-order valence-electron chi connectivity index (χ0n) is 14.8. The summed E-state index contributed by atoms with van der Waals surface area (Å²) in [7, 11) is -1.54. The van der Waals surface area contributed by atoms with Crippen LogP contribution in [0.25, 0.3) is 0 Å². The van der Waals surface area contributed by atoms with E-state index in [-0.39, 0.29) is 35.7 Å². The monoisotopic (exact) mass is 421 g/mol. The molecule has 2 aliphatic rings. The van der Waals surface area contributed by atoms with Crippen molar-refractivity contribution in [2.45, 2.75) is 17.7 Å². The normalized spacial score (nSPS) is 22.7. The predicted molar refractivity (Wildman–Crippen MR) is 104 cm³/mol. The second-order valence-electron chi connectivity index (χ2n) is 6.78. The topological polar surface area (TPSA) is 60.9 Å². The first-order valence-corrected chi connectivity index (χ1v) is 10.4. The molecule has 0 saturated carbocycles. The number of amides is 1. The van der Waals surface area contributed by atoms with Gasteiger partial charge in [-0.3, -0.25) is 4.79 Å². The highest BCUT2D eigenvalue weighted by Gasteiger charge is 2.35. The summed E-state index contributed by atoms with van der Waals surface area (Å²) in [4.78, 5) is 17.1. The van der Waals surface area contributed by atoms with Gasteiger partial charge in [0.05, 0.1) is 10.8 Å². The van der Waals surface area contributed by atoms with Crippen molar-refractivity contribution in [2.24, 2.45) is 5.92 Å². The molecule has 26 heavy (non-hydrogen) atoms. The number of halogens is 2. The molecular weight excluding hydrogens is 397 g/mol. The Kier molecular flexibility index (Phi) is 7.33. The number of nitrogens with zero attached hydrogens (tertiary/aromatic N) is 3. The summed E-state index contributed by atoms with van der Waals surface area (Å²) in [6.45, 7) is 3.88. The Morgan fingerprint density at radius 3 is 2.31 bits per heavy atom. The van der Waals surface area contributed by atoms with E-state index in [0.717, 1.165) is 32.6 Å². The van der Waals surface area contributed by atoms with Crippen LogP contribution in [0, 0.1) is 5.92 Å². The highest BCUT2D eigenvalue weighted by molar-refractivity contribution is 7.89. The van der Waals surface area contributed by atoms with Gasteiger partial charge in [-0.15, -0.1) is 12.4 Å². The molecule has 9 heteroatoms. The molecule has 2 saturated heterocycles. The van der Waals surface area contributed by atoms with E-state index in [1.54, 1.807) is 12.1 Å². The summed E-state index contributed by atoms with van der Waals surface area (Å²) >= 11 is 5.85. The maximum atomic E-state index is 12.8. The van der Waals surface area contributed by atoms with Crippen LogP contribution in [0.4, 0.5) is 0 Å². The summed E-state index contributed by atoms with van der Waals surface area (Å²) in [5.41, 5.74) is 0. The van der Waals surface area contributed by atoms with Crippen LogP contribution in [0.1, 0.15) is 12.8 Å². The van der Waals surface area contributed by atoms with Crippen LogP contribution in [-0.4, -0.2) is 74.7 Å². The zero-order chi connectivity index (χ0) is 18.0. The molecule has 1 unspecified atom stereocenters. The van der Waals surface area contributed by atoms with Crippen molar-refractivity contribution in [2.75, 3.05) is 46.3 Å². The number of hydrogen-bond donors (Lipinski definition) is 0. The number of piperidine rings is 1. The lowest BCUT2D eigenvalue weighted by atomic mass is 9.98. The third-order valence-electron chi connectivity index (χ3n) is 5.00. The first-order valence-electron chi connectivity index (χ1n) is 8.61. The number of sulfonamides is 1. The third kappa shape index (κ3) is 4.70. The quantitative estimate of drug-likeness (QED) is 0.747. The van der Waals surface area contributed by atoms with E-state index >= 15 is 0 Å². The Morgan fingerprint density at radius 1 is 1.08 bits per heavy atom. The molecule has 0 spiro atoms. The Morgan fingerprint density at radius 2 is 1.69 bits per heavy atom. The second kappa shape index (κ2) is 8.89. The van der Waals surface area contributed by atoms with Gasteiger partial charge in [0.25, 0.3) is 0 Å². The molecule has 0 radical (unpaired) electrons. The number of carbonyl (C=O) groups excluding carboxylic acids is 1. The molecule has 146 valence electrons. The van der Waals surface area contributed by atoms with Gasteiger partial charge in [0.15, 0.2) is 0 Å². The lowest BCUT2D eigenvalue weighted by Crippen LogP contribution is -2.52. The Labute approximate surface area is 166 Å². The minimum absolute atomic E-state index is 0. The van der Waals surface area contributed by atoms with Gasteiger partial charge in [0.1, 0.15) is 0 Å². The van der Waals surface area contributed by atoms with E-state index in [4.69, 9.17) is 11.6 Å². The molecule has 2 heterocycles. The molecule has 6 nitrogen and oxygen atoms in total. The van der Waals surface area contributed by atoms with Gasteiger partial charge in [-0.25, -0.2) is 8.42 Å². The van der Waals surface area contributed by atoms with Gasteiger partial charge in [0.2, 0.25) is 15.9 Å². The molecule has 0 bridgehead atoms. The van der Waals surface area contributed by atoms with Crippen molar-refractivity contribution >= 4 is 39.9 Å². The van der Waals surface area contributed by atoms with E-state index in [9.17, 15) is 13.2 Å². The smallest absolute Gasteiger partial charge is 0.243 e. The van der Waals surface area contributed by atoms with Crippen molar-refractivity contribution in [3.8, 4) is 0 Å². The Bertz CT molecular complexity index is 719. The van der Waals surface area contributed by atoms with Crippen molar-refractivity contribution in [3.05, 3.63) is 29.3 Å². The molecule has 3 rings (SSSR count). The van der Waals surface area contributed by atoms with E-state index in [1.807, 2.05) is 11.9 Å². The van der Waals surface area contributed by atoms with Crippen molar-refractivity contribution in [1.82, 2.24) is 14.1 Å². The van der Waals surface area contributed by atoms with Crippen LogP contribution < -0.4 is 0 Å². The number of piperazine rings is 1. The standard InChI is InChI=1S/C17H24ClN3O3S.ClH/c1-19-9-11-20(12-10-19)17(22)14-3-2-8-21(13-14)25(23,24)16-6-4-15(18)5-7-16;/h4-7,14H,2-3,8-13H2,1H3;1H. The fraction of sp³-hybridized carbons (Fsp3) is 0.588. The molecule has 0 aliphatic carbocycles. The van der Waals surface area contributed by atoms with Gasteiger partial charge in [-0.05, 0) is 44.2 Å². The number of likely N-dealkylation sites (N-methyl/N-ethyl adjacent to an activating group) is 1. The SMILES string of the molecule is CN1CCN(C(=O)C2CCCN(S(=O)(=O)c3ccc(Cl)cc3)C2)CC1.Cl. The molecule has 2 aliphatic heterocycles. The maximum absolute atomic E-state index is 12.8. The van der Waals surface area contributed by atoms with Crippen LogP contribution in [-0.2, 0) is 14.8 Å². The van der Waals surface area contributed by atoms with Crippen molar-refractivity contribution in [3.63, 3.8) is 0 Å². The van der Waals surface area contributed by atoms with Gasteiger partial charge in [-0.1, -0.05) is 11.6 Å². The Hall–Kier alpha value is -0.860. The molecule has 1 amide bonds. The highest BCUT2D eigenvalue weighted by Crippen LogP contribution is 2.26. The summed E-state index contributed by atoms with van der Waals surface area (Å²) < 4.78 is 27.1. The lowest BCUT2D eigenvalue weighted by molar-refractivity contribution is -0.138. The van der Waals surface area contributed by atoms with Gasteiger partial charge >= 0.3 is 0 Å². The first kappa shape index (κ1) is 21.4. The number of hydrogen-bond acceptors (Lipinski definition) is 4. The summed E-state index contributed by atoms with van der Waals surface area (Å²) in [6, 6.07) is 6.18. The molecule has 0 N–H and O–H groups in total. The van der Waals surface area contributed by atoms with Gasteiger partial charge in [-0.2, -0.15) is 4.31 Å².